The number of ether oxygens (including phenoxy) is 4. The molecule has 1 atom stereocenters. The minimum Gasteiger partial charge on any atom is -0.507 e. The predicted molar refractivity (Wildman–Crippen MR) is 127 cm³/mol. The molecule has 2 aromatic carbocycles. The van der Waals surface area contributed by atoms with Crippen molar-refractivity contribution >= 4 is 17.4 Å². The molecule has 1 fully saturated rings. The molecule has 1 aliphatic heterocycles. The van der Waals surface area contributed by atoms with Crippen LogP contribution in [-0.2, 0) is 14.3 Å². The Morgan fingerprint density at radius 2 is 1.65 bits per heavy atom. The van der Waals surface area contributed by atoms with Gasteiger partial charge < -0.3 is 29.0 Å². The summed E-state index contributed by atoms with van der Waals surface area (Å²) in [6, 6.07) is 11.2. The normalized spacial score (nSPS) is 17.2. The smallest absolute Gasteiger partial charge is 0.295 e. The zero-order chi connectivity index (χ0) is 24.7. The SMILES string of the molecule is CCOc1ccc(C2/C(=C(\O)c3ccc(OC)cc3)C(=O)C(=O)N2CCCOC)cc1OCC. The molecule has 2 aromatic rings. The van der Waals surface area contributed by atoms with Crippen molar-refractivity contribution in [2.24, 2.45) is 0 Å². The van der Waals surface area contributed by atoms with E-state index in [4.69, 9.17) is 18.9 Å². The standard InChI is InChI=1S/C26H31NO7/c1-5-33-20-13-10-18(16-21(20)34-6-2)23-22(24(28)17-8-11-19(32-4)12-9-17)25(29)26(30)27(23)14-7-15-31-3/h8-13,16,23,28H,5-7,14-15H2,1-4H3/b24-22+. The van der Waals surface area contributed by atoms with E-state index >= 15 is 0 Å². The van der Waals surface area contributed by atoms with Crippen LogP contribution in [0.3, 0.4) is 0 Å². The van der Waals surface area contributed by atoms with E-state index < -0.39 is 17.7 Å². The van der Waals surface area contributed by atoms with Crippen LogP contribution < -0.4 is 14.2 Å². The van der Waals surface area contributed by atoms with E-state index in [0.29, 0.717) is 61.2 Å². The number of amides is 1. The number of Topliss-reactive ketones (excluding diaryl/α,β-unsaturated/α-hetero) is 1. The lowest BCUT2D eigenvalue weighted by molar-refractivity contribution is -0.140. The third-order valence-corrected chi connectivity index (χ3v) is 5.53. The Labute approximate surface area is 199 Å². The van der Waals surface area contributed by atoms with Crippen molar-refractivity contribution in [3.63, 3.8) is 0 Å². The fraction of sp³-hybridized carbons (Fsp3) is 0.385. The Morgan fingerprint density at radius 3 is 2.26 bits per heavy atom. The molecule has 182 valence electrons. The Kier molecular flexibility index (Phi) is 8.54. The summed E-state index contributed by atoms with van der Waals surface area (Å²) < 4.78 is 21.7. The second-order valence-corrected chi connectivity index (χ2v) is 7.64. The molecule has 0 spiro atoms. The molecule has 0 saturated carbocycles. The average Bonchev–Trinajstić information content (AvgIpc) is 3.10. The van der Waals surface area contributed by atoms with Crippen molar-refractivity contribution < 1.29 is 33.6 Å². The highest BCUT2D eigenvalue weighted by molar-refractivity contribution is 6.46. The molecular formula is C26H31NO7. The first-order chi connectivity index (χ1) is 16.5. The zero-order valence-corrected chi connectivity index (χ0v) is 20.0. The van der Waals surface area contributed by atoms with Gasteiger partial charge in [0.2, 0.25) is 0 Å². The number of methoxy groups -OCH3 is 2. The average molecular weight is 470 g/mol. The first-order valence-electron chi connectivity index (χ1n) is 11.3. The molecule has 8 heteroatoms. The quantitative estimate of drug-likeness (QED) is 0.230. The monoisotopic (exact) mass is 469 g/mol. The summed E-state index contributed by atoms with van der Waals surface area (Å²) in [5.41, 5.74) is 1.08. The van der Waals surface area contributed by atoms with E-state index in [1.165, 1.54) is 4.90 Å². The van der Waals surface area contributed by atoms with E-state index in [-0.39, 0.29) is 11.3 Å². The molecule has 0 aliphatic carbocycles. The molecule has 3 rings (SSSR count). The number of aliphatic hydroxyl groups is 1. The van der Waals surface area contributed by atoms with Gasteiger partial charge in [-0.05, 0) is 62.2 Å². The van der Waals surface area contributed by atoms with Crippen LogP contribution in [0, 0.1) is 0 Å². The summed E-state index contributed by atoms with van der Waals surface area (Å²) >= 11 is 0. The van der Waals surface area contributed by atoms with Gasteiger partial charge in [0.05, 0.1) is 31.9 Å². The highest BCUT2D eigenvalue weighted by Gasteiger charge is 2.46. The largest absolute Gasteiger partial charge is 0.507 e. The van der Waals surface area contributed by atoms with Crippen molar-refractivity contribution in [2.75, 3.05) is 40.6 Å². The number of likely N-dealkylation sites (tertiary alicyclic amines) is 1. The van der Waals surface area contributed by atoms with Gasteiger partial charge in [-0.1, -0.05) is 6.07 Å². The lowest BCUT2D eigenvalue weighted by atomic mass is 9.95. The van der Waals surface area contributed by atoms with Crippen LogP contribution in [-0.4, -0.2) is 62.3 Å². The topological polar surface area (TPSA) is 94.5 Å². The molecule has 8 nitrogen and oxygen atoms in total. The van der Waals surface area contributed by atoms with Gasteiger partial charge in [0.15, 0.2) is 11.5 Å². The Morgan fingerprint density at radius 1 is 0.971 bits per heavy atom. The van der Waals surface area contributed by atoms with Gasteiger partial charge in [-0.2, -0.15) is 0 Å². The number of hydrogen-bond acceptors (Lipinski definition) is 7. The van der Waals surface area contributed by atoms with Crippen LogP contribution in [0.1, 0.15) is 37.4 Å². The number of aliphatic hydroxyl groups excluding tert-OH is 1. The third-order valence-electron chi connectivity index (χ3n) is 5.53. The van der Waals surface area contributed by atoms with E-state index in [1.807, 2.05) is 13.8 Å². The van der Waals surface area contributed by atoms with Crippen LogP contribution in [0.4, 0.5) is 0 Å². The summed E-state index contributed by atoms with van der Waals surface area (Å²) in [5.74, 6) is 0.0482. The van der Waals surface area contributed by atoms with Gasteiger partial charge in [0.1, 0.15) is 11.5 Å². The second-order valence-electron chi connectivity index (χ2n) is 7.64. The van der Waals surface area contributed by atoms with Crippen molar-refractivity contribution in [1.29, 1.82) is 0 Å². The zero-order valence-electron chi connectivity index (χ0n) is 20.0. The summed E-state index contributed by atoms with van der Waals surface area (Å²) in [6.45, 7) is 5.35. The van der Waals surface area contributed by atoms with Crippen LogP contribution in [0.25, 0.3) is 5.76 Å². The van der Waals surface area contributed by atoms with Gasteiger partial charge in [0.25, 0.3) is 11.7 Å². The first-order valence-corrected chi connectivity index (χ1v) is 11.3. The first kappa shape index (κ1) is 25.1. The fourth-order valence-corrected chi connectivity index (χ4v) is 3.98. The number of carbonyl (C=O) groups is 2. The molecule has 1 N–H and O–H groups in total. The van der Waals surface area contributed by atoms with Crippen LogP contribution in [0.5, 0.6) is 17.2 Å². The maximum atomic E-state index is 13.1. The van der Waals surface area contributed by atoms with Crippen molar-refractivity contribution in [2.45, 2.75) is 26.3 Å². The Balaban J connectivity index is 2.14. The number of hydrogen-bond donors (Lipinski definition) is 1. The van der Waals surface area contributed by atoms with Crippen LogP contribution in [0.2, 0.25) is 0 Å². The summed E-state index contributed by atoms with van der Waals surface area (Å²) in [7, 11) is 3.12. The van der Waals surface area contributed by atoms with E-state index in [9.17, 15) is 14.7 Å². The second kappa shape index (κ2) is 11.6. The van der Waals surface area contributed by atoms with E-state index in [0.717, 1.165) is 0 Å². The minimum absolute atomic E-state index is 0.0270. The molecular weight excluding hydrogens is 438 g/mol. The summed E-state index contributed by atoms with van der Waals surface area (Å²) in [5, 5.41) is 11.2. The molecule has 1 amide bonds. The van der Waals surface area contributed by atoms with Gasteiger partial charge in [-0.3, -0.25) is 9.59 Å². The maximum Gasteiger partial charge on any atom is 0.295 e. The molecule has 0 aromatic heterocycles. The highest BCUT2D eigenvalue weighted by Crippen LogP contribution is 2.42. The highest BCUT2D eigenvalue weighted by atomic mass is 16.5. The van der Waals surface area contributed by atoms with E-state index in [2.05, 4.69) is 0 Å². The number of benzene rings is 2. The molecule has 1 aliphatic rings. The molecule has 1 unspecified atom stereocenters. The van der Waals surface area contributed by atoms with Crippen molar-refractivity contribution in [3.8, 4) is 17.2 Å². The lowest BCUT2D eigenvalue weighted by Gasteiger charge is -2.26. The Bertz CT molecular complexity index is 1050. The third kappa shape index (κ3) is 5.17. The number of carbonyl (C=O) groups excluding carboxylic acids is 2. The molecule has 0 bridgehead atoms. The van der Waals surface area contributed by atoms with Crippen LogP contribution in [0.15, 0.2) is 48.0 Å². The van der Waals surface area contributed by atoms with E-state index in [1.54, 1.807) is 56.7 Å². The van der Waals surface area contributed by atoms with Crippen LogP contribution >= 0.6 is 0 Å². The predicted octanol–water partition coefficient (Wildman–Crippen LogP) is 3.95. The molecule has 0 radical (unpaired) electrons. The van der Waals surface area contributed by atoms with Gasteiger partial charge >= 0.3 is 0 Å². The van der Waals surface area contributed by atoms with Crippen molar-refractivity contribution in [1.82, 2.24) is 4.90 Å². The fourth-order valence-electron chi connectivity index (χ4n) is 3.98. The molecule has 1 saturated heterocycles. The van der Waals surface area contributed by atoms with Gasteiger partial charge in [0, 0.05) is 25.8 Å². The number of ketones is 1. The Hall–Kier alpha value is -3.52. The van der Waals surface area contributed by atoms with Crippen molar-refractivity contribution in [3.05, 3.63) is 59.2 Å². The maximum absolute atomic E-state index is 13.1. The van der Waals surface area contributed by atoms with Gasteiger partial charge in [-0.15, -0.1) is 0 Å². The lowest BCUT2D eigenvalue weighted by Crippen LogP contribution is -2.31. The molecule has 1 heterocycles. The summed E-state index contributed by atoms with van der Waals surface area (Å²) in [4.78, 5) is 27.6. The number of nitrogens with zero attached hydrogens (tertiary/aromatic N) is 1. The minimum atomic E-state index is -0.783. The summed E-state index contributed by atoms with van der Waals surface area (Å²) in [6.07, 6.45) is 0.540. The molecule has 34 heavy (non-hydrogen) atoms. The van der Waals surface area contributed by atoms with Gasteiger partial charge in [-0.25, -0.2) is 0 Å². The number of rotatable bonds is 11.